The average molecular weight is 407 g/mol. The summed E-state index contributed by atoms with van der Waals surface area (Å²) in [6.45, 7) is 5.24. The summed E-state index contributed by atoms with van der Waals surface area (Å²) in [6.07, 6.45) is 0.410. The van der Waals surface area contributed by atoms with E-state index in [2.05, 4.69) is 0 Å². The summed E-state index contributed by atoms with van der Waals surface area (Å²) in [6, 6.07) is 6.64. The van der Waals surface area contributed by atoms with Gasteiger partial charge in [0.15, 0.2) is 21.4 Å². The Kier molecular flexibility index (Phi) is 4.13. The number of rotatable bonds is 2. The topological polar surface area (TPSA) is 85.3 Å². The van der Waals surface area contributed by atoms with Crippen molar-refractivity contribution in [2.75, 3.05) is 5.75 Å². The molecule has 3 aliphatic rings. The van der Waals surface area contributed by atoms with Crippen molar-refractivity contribution in [2.24, 2.45) is 11.8 Å². The normalized spacial score (nSPS) is 32.9. The van der Waals surface area contributed by atoms with E-state index in [4.69, 9.17) is 0 Å². The third-order valence-electron chi connectivity index (χ3n) is 6.16. The number of hydrogen-bond donors (Lipinski definition) is 0. The van der Waals surface area contributed by atoms with E-state index in [9.17, 15) is 22.2 Å². The highest BCUT2D eigenvalue weighted by Crippen LogP contribution is 2.56. The van der Waals surface area contributed by atoms with E-state index in [1.54, 1.807) is 45.0 Å². The highest BCUT2D eigenvalue weighted by atomic mass is 32.2. The van der Waals surface area contributed by atoms with Crippen LogP contribution in [0.2, 0.25) is 0 Å². The molecule has 0 N–H and O–H groups in total. The summed E-state index contributed by atoms with van der Waals surface area (Å²) in [4.78, 5) is 27.4. The van der Waals surface area contributed by atoms with E-state index < -0.39 is 37.2 Å². The largest absolute Gasteiger partial charge is 0.294 e. The van der Waals surface area contributed by atoms with Crippen LogP contribution in [-0.4, -0.2) is 39.9 Å². The first-order valence-electron chi connectivity index (χ1n) is 9.15. The van der Waals surface area contributed by atoms with Crippen molar-refractivity contribution in [3.8, 4) is 0 Å². The Labute approximate surface area is 161 Å². The Morgan fingerprint density at radius 1 is 1.11 bits per heavy atom. The number of benzene rings is 1. The lowest BCUT2D eigenvalue weighted by Gasteiger charge is -2.49. The van der Waals surface area contributed by atoms with Gasteiger partial charge in [-0.1, -0.05) is 43.7 Å². The van der Waals surface area contributed by atoms with E-state index in [1.807, 2.05) is 0 Å². The molecule has 0 spiro atoms. The van der Waals surface area contributed by atoms with Crippen molar-refractivity contribution in [1.29, 1.82) is 0 Å². The minimum Gasteiger partial charge on any atom is -0.294 e. The van der Waals surface area contributed by atoms with Crippen LogP contribution >= 0.6 is 0 Å². The number of fused-ring (bicyclic) bond motifs is 4. The van der Waals surface area contributed by atoms with Gasteiger partial charge in [-0.25, -0.2) is 8.42 Å². The number of carbonyl (C=O) groups is 2. The third-order valence-corrected chi connectivity index (χ3v) is 10.5. The molecule has 27 heavy (non-hydrogen) atoms. The molecule has 0 saturated carbocycles. The van der Waals surface area contributed by atoms with Gasteiger partial charge in [0.2, 0.25) is 0 Å². The van der Waals surface area contributed by atoms with Gasteiger partial charge >= 0.3 is 0 Å². The minimum absolute atomic E-state index is 0.0583. The molecule has 5 nitrogen and oxygen atoms in total. The zero-order valence-corrected chi connectivity index (χ0v) is 17.2. The molecule has 0 bridgehead atoms. The van der Waals surface area contributed by atoms with Crippen LogP contribution in [0, 0.1) is 11.8 Å². The van der Waals surface area contributed by atoms with Crippen LogP contribution in [-0.2, 0) is 20.6 Å². The standard InChI is InChI=1S/C20H22O5S2/c1-11(2)26(23)20-15-8-9-27(24,25)18(15)12(3)10-16(20)17(21)13-6-4-5-7-14(13)19(20)22/h4-7,11,15-16H,8-10H2,1-3H3. The SMILES string of the molecule is CC1=C2C(CCS2(=O)=O)C2(S(=O)C(C)C)C(=O)c3ccccc3C(=O)C2C1. The lowest BCUT2D eigenvalue weighted by Crippen LogP contribution is -2.63. The smallest absolute Gasteiger partial charge is 0.183 e. The molecule has 1 fully saturated rings. The van der Waals surface area contributed by atoms with Crippen molar-refractivity contribution in [1.82, 2.24) is 0 Å². The van der Waals surface area contributed by atoms with Crippen LogP contribution < -0.4 is 0 Å². The Bertz CT molecular complexity index is 1030. The maximum Gasteiger partial charge on any atom is 0.183 e. The fraction of sp³-hybridized carbons (Fsp3) is 0.500. The van der Waals surface area contributed by atoms with E-state index in [0.717, 1.165) is 0 Å². The van der Waals surface area contributed by atoms with Crippen molar-refractivity contribution < 1.29 is 22.2 Å². The molecule has 4 unspecified atom stereocenters. The zero-order valence-electron chi connectivity index (χ0n) is 15.5. The summed E-state index contributed by atoms with van der Waals surface area (Å²) in [5.41, 5.74) is 1.27. The minimum atomic E-state index is -3.48. The average Bonchev–Trinajstić information content (AvgIpc) is 2.95. The second-order valence-corrected chi connectivity index (χ2v) is 12.2. The summed E-state index contributed by atoms with van der Waals surface area (Å²) in [5, 5.41) is -0.363. The number of Topliss-reactive ketones (excluding diaryl/α,β-unsaturated/α-hetero) is 2. The molecular formula is C20H22O5S2. The molecule has 0 radical (unpaired) electrons. The summed E-state index contributed by atoms with van der Waals surface area (Å²) >= 11 is 0. The molecule has 2 aliphatic carbocycles. The first-order chi connectivity index (χ1) is 12.6. The third kappa shape index (κ3) is 2.27. The Morgan fingerprint density at radius 2 is 1.74 bits per heavy atom. The molecule has 0 amide bonds. The van der Waals surface area contributed by atoms with Crippen LogP contribution in [0.3, 0.4) is 0 Å². The first-order valence-corrected chi connectivity index (χ1v) is 12.0. The fourth-order valence-electron chi connectivity index (χ4n) is 5.16. The number of carbonyl (C=O) groups excluding carboxylic acids is 2. The molecule has 1 saturated heterocycles. The lowest BCUT2D eigenvalue weighted by atomic mass is 9.62. The number of allylic oxidation sites excluding steroid dienone is 2. The number of sulfone groups is 1. The van der Waals surface area contributed by atoms with Crippen molar-refractivity contribution in [2.45, 2.75) is 43.6 Å². The van der Waals surface area contributed by atoms with Crippen LogP contribution in [0.25, 0.3) is 0 Å². The van der Waals surface area contributed by atoms with Gasteiger partial charge in [0.25, 0.3) is 0 Å². The highest BCUT2D eigenvalue weighted by Gasteiger charge is 2.67. The summed E-state index contributed by atoms with van der Waals surface area (Å²) in [7, 11) is -5.16. The molecule has 7 heteroatoms. The molecule has 1 heterocycles. The van der Waals surface area contributed by atoms with Gasteiger partial charge in [-0.3, -0.25) is 13.8 Å². The Balaban J connectivity index is 2.08. The van der Waals surface area contributed by atoms with Gasteiger partial charge in [-0.2, -0.15) is 0 Å². The molecule has 1 aliphatic heterocycles. The lowest BCUT2D eigenvalue weighted by molar-refractivity contribution is 0.0713. The molecule has 144 valence electrons. The van der Waals surface area contributed by atoms with Crippen molar-refractivity contribution >= 4 is 32.2 Å². The van der Waals surface area contributed by atoms with Gasteiger partial charge in [-0.05, 0) is 19.8 Å². The van der Waals surface area contributed by atoms with Crippen LogP contribution in [0.4, 0.5) is 0 Å². The maximum absolute atomic E-state index is 13.8. The van der Waals surface area contributed by atoms with Crippen LogP contribution in [0.1, 0.15) is 54.3 Å². The fourth-order valence-corrected chi connectivity index (χ4v) is 9.42. The van der Waals surface area contributed by atoms with E-state index in [0.29, 0.717) is 11.1 Å². The quantitative estimate of drug-likeness (QED) is 0.754. The predicted octanol–water partition coefficient (Wildman–Crippen LogP) is 2.69. The summed E-state index contributed by atoms with van der Waals surface area (Å²) in [5.74, 6) is -2.04. The number of hydrogen-bond acceptors (Lipinski definition) is 5. The van der Waals surface area contributed by atoms with Crippen LogP contribution in [0.15, 0.2) is 34.7 Å². The molecule has 1 aromatic carbocycles. The van der Waals surface area contributed by atoms with Gasteiger partial charge in [0.1, 0.15) is 4.75 Å². The molecule has 1 aromatic rings. The van der Waals surface area contributed by atoms with Gasteiger partial charge in [0.05, 0.1) is 11.7 Å². The maximum atomic E-state index is 13.8. The van der Waals surface area contributed by atoms with Crippen LogP contribution in [0.5, 0.6) is 0 Å². The monoisotopic (exact) mass is 406 g/mol. The molecule has 0 aromatic heterocycles. The zero-order chi connectivity index (χ0) is 19.7. The highest BCUT2D eigenvalue weighted by molar-refractivity contribution is 7.95. The first kappa shape index (κ1) is 18.7. The molecular weight excluding hydrogens is 384 g/mol. The van der Waals surface area contributed by atoms with Crippen molar-refractivity contribution in [3.63, 3.8) is 0 Å². The van der Waals surface area contributed by atoms with Gasteiger partial charge < -0.3 is 0 Å². The van der Waals surface area contributed by atoms with E-state index >= 15 is 0 Å². The Hall–Kier alpha value is -1.60. The van der Waals surface area contributed by atoms with Crippen molar-refractivity contribution in [3.05, 3.63) is 45.9 Å². The summed E-state index contributed by atoms with van der Waals surface area (Å²) < 4.78 is 37.5. The van der Waals surface area contributed by atoms with E-state index in [1.165, 1.54) is 0 Å². The number of ketones is 2. The second-order valence-electron chi connectivity index (χ2n) is 7.94. The van der Waals surface area contributed by atoms with E-state index in [-0.39, 0.29) is 45.9 Å². The predicted molar refractivity (Wildman–Crippen MR) is 104 cm³/mol. The molecule has 4 atom stereocenters. The van der Waals surface area contributed by atoms with Gasteiger partial charge in [-0.15, -0.1) is 0 Å². The molecule has 4 rings (SSSR count). The second kappa shape index (κ2) is 5.95. The Morgan fingerprint density at radius 3 is 2.37 bits per heavy atom. The van der Waals surface area contributed by atoms with Gasteiger partial charge in [0, 0.05) is 38.0 Å².